The van der Waals surface area contributed by atoms with Crippen LogP contribution in [0.3, 0.4) is 0 Å². The van der Waals surface area contributed by atoms with Crippen molar-refractivity contribution < 1.29 is 4.74 Å². The SMILES string of the molecule is COc1ccc(C=C(C#N)c2nc(C)cs2)cc1. The third-order valence-corrected chi connectivity index (χ3v) is 3.39. The highest BCUT2D eigenvalue weighted by atomic mass is 32.1. The van der Waals surface area contributed by atoms with Crippen LogP contribution in [-0.4, -0.2) is 12.1 Å². The summed E-state index contributed by atoms with van der Waals surface area (Å²) in [4.78, 5) is 4.31. The molecule has 2 aromatic rings. The Bertz CT molecular complexity index is 605. The van der Waals surface area contributed by atoms with Crippen molar-refractivity contribution in [3.63, 3.8) is 0 Å². The summed E-state index contributed by atoms with van der Waals surface area (Å²) in [5.41, 5.74) is 2.48. The van der Waals surface area contributed by atoms with E-state index in [2.05, 4.69) is 11.1 Å². The quantitative estimate of drug-likeness (QED) is 0.789. The van der Waals surface area contributed by atoms with Crippen LogP contribution >= 0.6 is 11.3 Å². The summed E-state index contributed by atoms with van der Waals surface area (Å²) in [5, 5.41) is 11.9. The van der Waals surface area contributed by atoms with Crippen molar-refractivity contribution in [1.82, 2.24) is 4.98 Å². The van der Waals surface area contributed by atoms with E-state index in [1.807, 2.05) is 42.6 Å². The highest BCUT2D eigenvalue weighted by Crippen LogP contribution is 2.22. The van der Waals surface area contributed by atoms with E-state index in [9.17, 15) is 5.26 Å². The zero-order valence-corrected chi connectivity index (χ0v) is 11.0. The summed E-state index contributed by atoms with van der Waals surface area (Å²) in [6, 6.07) is 9.75. The summed E-state index contributed by atoms with van der Waals surface area (Å²) in [6.45, 7) is 1.92. The van der Waals surface area contributed by atoms with Gasteiger partial charge in [0.2, 0.25) is 0 Å². The van der Waals surface area contributed by atoms with Crippen LogP contribution in [0, 0.1) is 18.3 Å². The highest BCUT2D eigenvalue weighted by Gasteiger charge is 2.05. The van der Waals surface area contributed by atoms with E-state index in [-0.39, 0.29) is 0 Å². The Morgan fingerprint density at radius 3 is 2.61 bits per heavy atom. The molecule has 4 heteroatoms. The van der Waals surface area contributed by atoms with E-state index in [4.69, 9.17) is 4.74 Å². The highest BCUT2D eigenvalue weighted by molar-refractivity contribution is 7.11. The van der Waals surface area contributed by atoms with E-state index in [0.717, 1.165) is 22.0 Å². The monoisotopic (exact) mass is 256 g/mol. The Balaban J connectivity index is 2.32. The van der Waals surface area contributed by atoms with Crippen LogP contribution in [0.5, 0.6) is 5.75 Å². The van der Waals surface area contributed by atoms with Gasteiger partial charge in [-0.2, -0.15) is 5.26 Å². The number of benzene rings is 1. The molecule has 0 aliphatic heterocycles. The number of hydrogen-bond acceptors (Lipinski definition) is 4. The molecule has 1 aromatic heterocycles. The standard InChI is InChI=1S/C14H12N2OS/c1-10-9-18-14(16-10)12(8-15)7-11-3-5-13(17-2)6-4-11/h3-7,9H,1-2H3. The van der Waals surface area contributed by atoms with Crippen molar-refractivity contribution in [2.24, 2.45) is 0 Å². The molecule has 18 heavy (non-hydrogen) atoms. The normalized spacial score (nSPS) is 11.1. The molecule has 2 rings (SSSR count). The molecular weight excluding hydrogens is 244 g/mol. The fourth-order valence-electron chi connectivity index (χ4n) is 1.49. The lowest BCUT2D eigenvalue weighted by atomic mass is 10.1. The first-order valence-corrected chi connectivity index (χ1v) is 6.29. The zero-order chi connectivity index (χ0) is 13.0. The van der Waals surface area contributed by atoms with Crippen LogP contribution in [0.1, 0.15) is 16.3 Å². The lowest BCUT2D eigenvalue weighted by molar-refractivity contribution is 0.415. The van der Waals surface area contributed by atoms with Crippen molar-refractivity contribution in [2.45, 2.75) is 6.92 Å². The second kappa shape index (κ2) is 5.48. The first-order valence-electron chi connectivity index (χ1n) is 5.41. The number of thiazole rings is 1. The van der Waals surface area contributed by atoms with Crippen molar-refractivity contribution in [3.05, 3.63) is 45.9 Å². The van der Waals surface area contributed by atoms with Gasteiger partial charge < -0.3 is 4.74 Å². The molecule has 0 fully saturated rings. The minimum atomic E-state index is 0.582. The minimum absolute atomic E-state index is 0.582. The summed E-state index contributed by atoms with van der Waals surface area (Å²) in [6.07, 6.45) is 1.83. The Morgan fingerprint density at radius 1 is 1.39 bits per heavy atom. The first kappa shape index (κ1) is 12.3. The van der Waals surface area contributed by atoms with Gasteiger partial charge in [0.25, 0.3) is 0 Å². The number of ether oxygens (including phenoxy) is 1. The van der Waals surface area contributed by atoms with Crippen LogP contribution in [-0.2, 0) is 0 Å². The van der Waals surface area contributed by atoms with E-state index in [0.29, 0.717) is 5.57 Å². The average molecular weight is 256 g/mol. The van der Waals surface area contributed by atoms with Crippen LogP contribution < -0.4 is 4.74 Å². The molecule has 3 nitrogen and oxygen atoms in total. The van der Waals surface area contributed by atoms with Gasteiger partial charge in [-0.25, -0.2) is 4.98 Å². The van der Waals surface area contributed by atoms with Gasteiger partial charge in [0.15, 0.2) is 0 Å². The molecule has 0 radical (unpaired) electrons. The Hall–Kier alpha value is -2.12. The molecule has 0 atom stereocenters. The lowest BCUT2D eigenvalue weighted by Crippen LogP contribution is -1.83. The molecule has 0 aliphatic rings. The lowest BCUT2D eigenvalue weighted by Gasteiger charge is -1.99. The summed E-state index contributed by atoms with van der Waals surface area (Å²) < 4.78 is 5.09. The third-order valence-electron chi connectivity index (χ3n) is 2.40. The summed E-state index contributed by atoms with van der Waals surface area (Å²) in [7, 11) is 1.63. The van der Waals surface area contributed by atoms with Gasteiger partial charge in [-0.1, -0.05) is 12.1 Å². The average Bonchev–Trinajstić information content (AvgIpc) is 2.83. The molecule has 1 aromatic carbocycles. The number of hydrogen-bond donors (Lipinski definition) is 0. The molecule has 90 valence electrons. The summed E-state index contributed by atoms with van der Waals surface area (Å²) >= 11 is 1.48. The number of rotatable bonds is 3. The first-order chi connectivity index (χ1) is 8.72. The second-order valence-corrected chi connectivity index (χ2v) is 4.60. The molecule has 0 unspecified atom stereocenters. The predicted molar refractivity (Wildman–Crippen MR) is 73.3 cm³/mol. The van der Waals surface area contributed by atoms with Crippen molar-refractivity contribution in [1.29, 1.82) is 5.26 Å². The largest absolute Gasteiger partial charge is 0.497 e. The Morgan fingerprint density at radius 2 is 2.11 bits per heavy atom. The van der Waals surface area contributed by atoms with E-state index in [1.54, 1.807) is 7.11 Å². The van der Waals surface area contributed by atoms with Crippen LogP contribution in [0.25, 0.3) is 11.6 Å². The molecule has 0 N–H and O–H groups in total. The Kier molecular flexibility index (Phi) is 3.75. The molecule has 0 saturated carbocycles. The van der Waals surface area contributed by atoms with Gasteiger partial charge in [-0.05, 0) is 30.7 Å². The number of aromatic nitrogens is 1. The molecule has 0 aliphatic carbocycles. The van der Waals surface area contributed by atoms with E-state index >= 15 is 0 Å². The maximum Gasteiger partial charge on any atom is 0.134 e. The van der Waals surface area contributed by atoms with Crippen LogP contribution in [0.4, 0.5) is 0 Å². The van der Waals surface area contributed by atoms with Gasteiger partial charge in [-0.3, -0.25) is 0 Å². The summed E-state index contributed by atoms with van der Waals surface area (Å²) in [5.74, 6) is 0.802. The number of methoxy groups -OCH3 is 1. The fourth-order valence-corrected chi connectivity index (χ4v) is 2.25. The van der Waals surface area contributed by atoms with Gasteiger partial charge >= 0.3 is 0 Å². The Labute approximate surface area is 110 Å². The number of allylic oxidation sites excluding steroid dienone is 1. The third kappa shape index (κ3) is 2.76. The number of nitrogens with zero attached hydrogens (tertiary/aromatic N) is 2. The van der Waals surface area contributed by atoms with Crippen molar-refractivity contribution in [3.8, 4) is 11.8 Å². The zero-order valence-electron chi connectivity index (χ0n) is 10.2. The van der Waals surface area contributed by atoms with Crippen molar-refractivity contribution >= 4 is 23.0 Å². The van der Waals surface area contributed by atoms with Gasteiger partial charge in [0, 0.05) is 11.1 Å². The second-order valence-electron chi connectivity index (χ2n) is 3.74. The molecule has 0 saturated heterocycles. The maximum absolute atomic E-state index is 9.17. The van der Waals surface area contributed by atoms with Gasteiger partial charge in [-0.15, -0.1) is 11.3 Å². The van der Waals surface area contributed by atoms with Gasteiger partial charge in [0.05, 0.1) is 12.7 Å². The number of nitriles is 1. The fraction of sp³-hybridized carbons (Fsp3) is 0.143. The predicted octanol–water partition coefficient (Wildman–Crippen LogP) is 3.52. The molecule has 0 spiro atoms. The molecule has 0 bridgehead atoms. The smallest absolute Gasteiger partial charge is 0.134 e. The number of aryl methyl sites for hydroxylation is 1. The molecular formula is C14H12N2OS. The minimum Gasteiger partial charge on any atom is -0.497 e. The maximum atomic E-state index is 9.17. The topological polar surface area (TPSA) is 45.9 Å². The molecule has 0 amide bonds. The van der Waals surface area contributed by atoms with E-state index in [1.165, 1.54) is 11.3 Å². The van der Waals surface area contributed by atoms with Crippen LogP contribution in [0.2, 0.25) is 0 Å². The van der Waals surface area contributed by atoms with Crippen molar-refractivity contribution in [2.75, 3.05) is 7.11 Å². The van der Waals surface area contributed by atoms with E-state index < -0.39 is 0 Å². The van der Waals surface area contributed by atoms with Gasteiger partial charge in [0.1, 0.15) is 16.8 Å². The van der Waals surface area contributed by atoms with Crippen LogP contribution in [0.15, 0.2) is 29.6 Å². The molecule has 1 heterocycles.